The van der Waals surface area contributed by atoms with E-state index in [1.54, 1.807) is 36.0 Å². The van der Waals surface area contributed by atoms with Gasteiger partial charge in [-0.25, -0.2) is 18.2 Å². The van der Waals surface area contributed by atoms with Crippen LogP contribution in [0.4, 0.5) is 13.2 Å². The summed E-state index contributed by atoms with van der Waals surface area (Å²) in [5.74, 6) is -2.07. The maximum atomic E-state index is 13.2. The second kappa shape index (κ2) is 8.31. The third-order valence-electron chi connectivity index (χ3n) is 3.43. The highest BCUT2D eigenvalue weighted by molar-refractivity contribution is 7.99. The van der Waals surface area contributed by atoms with Crippen LogP contribution in [0.5, 0.6) is 5.75 Å². The summed E-state index contributed by atoms with van der Waals surface area (Å²) in [6.07, 6.45) is 1.43. The number of nitrogens with zero attached hydrogens (tertiary/aromatic N) is 2. The highest BCUT2D eigenvalue weighted by atomic mass is 32.2. The van der Waals surface area contributed by atoms with E-state index < -0.39 is 12.5 Å². The molecule has 0 spiro atoms. The van der Waals surface area contributed by atoms with Crippen LogP contribution in [-0.4, -0.2) is 28.3 Å². The summed E-state index contributed by atoms with van der Waals surface area (Å²) in [4.78, 5) is 9.88. The Morgan fingerprint density at radius 3 is 2.48 bits per heavy atom. The number of hydrogen-bond acceptors (Lipinski definition) is 5. The quantitative estimate of drug-likeness (QED) is 0.437. The van der Waals surface area contributed by atoms with Crippen LogP contribution in [0.1, 0.15) is 13.8 Å². The lowest BCUT2D eigenvalue weighted by Crippen LogP contribution is -2.20. The van der Waals surface area contributed by atoms with Crippen molar-refractivity contribution in [2.75, 3.05) is 12.4 Å². The highest BCUT2D eigenvalue weighted by Crippen LogP contribution is 2.39. The zero-order valence-corrected chi connectivity index (χ0v) is 16.3. The third kappa shape index (κ3) is 5.23. The number of ether oxygens (including phenoxy) is 1. The Hall–Kier alpha value is -2.06. The fraction of sp³-hybridized carbons (Fsp3) is 0.263. The molecule has 0 amide bonds. The molecule has 0 unspecified atom stereocenters. The molecule has 3 aromatic rings. The molecule has 0 radical (unpaired) electrons. The number of halogens is 3. The van der Waals surface area contributed by atoms with Crippen molar-refractivity contribution in [3.05, 3.63) is 48.4 Å². The number of thiazole rings is 1. The average molecular weight is 410 g/mol. The lowest BCUT2D eigenvalue weighted by Gasteiger charge is -2.11. The van der Waals surface area contributed by atoms with Gasteiger partial charge in [-0.1, -0.05) is 6.92 Å². The average Bonchev–Trinajstić information content (AvgIpc) is 3.05. The summed E-state index contributed by atoms with van der Waals surface area (Å²) < 4.78 is 44.0. The number of thioether (sulfide) groups is 1. The van der Waals surface area contributed by atoms with E-state index in [4.69, 9.17) is 4.74 Å². The number of rotatable bonds is 7. The smallest absolute Gasteiger partial charge is 0.278 e. The van der Waals surface area contributed by atoms with Crippen LogP contribution < -0.4 is 4.74 Å². The highest BCUT2D eigenvalue weighted by Gasteiger charge is 2.22. The van der Waals surface area contributed by atoms with E-state index in [2.05, 4.69) is 9.97 Å². The van der Waals surface area contributed by atoms with E-state index in [0.29, 0.717) is 5.69 Å². The molecule has 0 saturated heterocycles. The molecule has 27 heavy (non-hydrogen) atoms. The molecule has 142 valence electrons. The number of hydrogen-bond donors (Lipinski definition) is 0. The summed E-state index contributed by atoms with van der Waals surface area (Å²) >= 11 is 3.05. The van der Waals surface area contributed by atoms with Crippen LogP contribution in [0.3, 0.4) is 0 Å². The van der Waals surface area contributed by atoms with Gasteiger partial charge >= 0.3 is 0 Å². The molecule has 2 heterocycles. The van der Waals surface area contributed by atoms with E-state index in [9.17, 15) is 13.2 Å². The molecule has 0 atom stereocenters. The summed E-state index contributed by atoms with van der Waals surface area (Å²) in [5.41, 5.74) is 1.52. The Morgan fingerprint density at radius 1 is 1.15 bits per heavy atom. The van der Waals surface area contributed by atoms with Gasteiger partial charge in [0.2, 0.25) is 0 Å². The maximum Gasteiger partial charge on any atom is 0.278 e. The van der Waals surface area contributed by atoms with Crippen molar-refractivity contribution in [3.63, 3.8) is 0 Å². The van der Waals surface area contributed by atoms with Crippen LogP contribution in [0, 0.1) is 5.82 Å². The lowest BCUT2D eigenvalue weighted by molar-refractivity contribution is -0.0230. The molecule has 0 N–H and O–H groups in total. The van der Waals surface area contributed by atoms with Crippen molar-refractivity contribution in [3.8, 4) is 26.9 Å². The number of benzene rings is 1. The molecule has 3 rings (SSSR count). The Kier molecular flexibility index (Phi) is 6.06. The summed E-state index contributed by atoms with van der Waals surface area (Å²) in [6, 6.07) is 9.52. The van der Waals surface area contributed by atoms with Crippen LogP contribution in [0.25, 0.3) is 21.1 Å². The zero-order valence-electron chi connectivity index (χ0n) is 14.7. The molecule has 3 nitrogen and oxygen atoms in total. The van der Waals surface area contributed by atoms with E-state index in [0.717, 1.165) is 33.2 Å². The van der Waals surface area contributed by atoms with E-state index in [-0.39, 0.29) is 11.6 Å². The Labute approximate surface area is 163 Å². The first-order valence-electron chi connectivity index (χ1n) is 8.22. The second-order valence-corrected chi connectivity index (χ2v) is 8.08. The van der Waals surface area contributed by atoms with Crippen molar-refractivity contribution in [2.24, 2.45) is 0 Å². The van der Waals surface area contributed by atoms with Crippen molar-refractivity contribution >= 4 is 23.1 Å². The standard InChI is InChI=1S/C19H17F3N2OS2/c1-3-26-18-16(27-17(24-18)12-4-6-13(20)7-5-12)15-9-8-14(10-23-15)25-11-19(2,21)22/h4-10H,3,11H2,1-2H3. The molecular formula is C19H17F3N2OS2. The van der Waals surface area contributed by atoms with Gasteiger partial charge in [0.05, 0.1) is 16.8 Å². The summed E-state index contributed by atoms with van der Waals surface area (Å²) in [5, 5.41) is 1.61. The molecule has 2 aromatic heterocycles. The van der Waals surface area contributed by atoms with Gasteiger partial charge in [-0.05, 0) is 42.2 Å². The number of pyridine rings is 1. The second-order valence-electron chi connectivity index (χ2n) is 5.83. The van der Waals surface area contributed by atoms with Crippen molar-refractivity contribution in [1.82, 2.24) is 9.97 Å². The van der Waals surface area contributed by atoms with Gasteiger partial charge in [0.25, 0.3) is 5.92 Å². The van der Waals surface area contributed by atoms with Gasteiger partial charge in [-0.2, -0.15) is 0 Å². The number of aromatic nitrogens is 2. The Morgan fingerprint density at radius 2 is 1.89 bits per heavy atom. The third-order valence-corrected chi connectivity index (χ3v) is 5.54. The van der Waals surface area contributed by atoms with Crippen molar-refractivity contribution in [1.29, 1.82) is 0 Å². The minimum Gasteiger partial charge on any atom is -0.486 e. The van der Waals surface area contributed by atoms with Gasteiger partial charge < -0.3 is 4.74 Å². The summed E-state index contributed by atoms with van der Waals surface area (Å²) in [7, 11) is 0. The molecular weight excluding hydrogens is 393 g/mol. The van der Waals surface area contributed by atoms with Gasteiger partial charge in [-0.15, -0.1) is 23.1 Å². The normalized spacial score (nSPS) is 11.6. The van der Waals surface area contributed by atoms with Gasteiger partial charge in [0.15, 0.2) is 6.61 Å². The topological polar surface area (TPSA) is 35.0 Å². The molecule has 8 heteroatoms. The van der Waals surface area contributed by atoms with E-state index in [1.807, 2.05) is 6.92 Å². The predicted octanol–water partition coefficient (Wildman–Crippen LogP) is 6.16. The zero-order chi connectivity index (χ0) is 19.4. The minimum absolute atomic E-state index is 0.285. The van der Waals surface area contributed by atoms with Gasteiger partial charge in [0.1, 0.15) is 21.6 Å². The Balaban J connectivity index is 1.87. The first-order valence-corrected chi connectivity index (χ1v) is 10.0. The minimum atomic E-state index is -2.90. The fourth-order valence-electron chi connectivity index (χ4n) is 2.23. The maximum absolute atomic E-state index is 13.2. The van der Waals surface area contributed by atoms with Gasteiger partial charge in [-0.3, -0.25) is 4.98 Å². The molecule has 0 saturated carbocycles. The largest absolute Gasteiger partial charge is 0.486 e. The molecule has 0 fully saturated rings. The number of alkyl halides is 2. The van der Waals surface area contributed by atoms with Crippen LogP contribution in [0.2, 0.25) is 0 Å². The molecule has 0 aliphatic heterocycles. The van der Waals surface area contributed by atoms with E-state index >= 15 is 0 Å². The molecule has 0 aliphatic carbocycles. The van der Waals surface area contributed by atoms with Crippen LogP contribution >= 0.6 is 23.1 Å². The molecule has 1 aromatic carbocycles. The van der Waals surface area contributed by atoms with Crippen LogP contribution in [0.15, 0.2) is 47.6 Å². The first kappa shape index (κ1) is 19.7. The molecule has 0 aliphatic rings. The van der Waals surface area contributed by atoms with Gasteiger partial charge in [0, 0.05) is 12.5 Å². The fourth-order valence-corrected chi connectivity index (χ4v) is 4.20. The lowest BCUT2D eigenvalue weighted by atomic mass is 10.2. The van der Waals surface area contributed by atoms with Crippen LogP contribution in [-0.2, 0) is 0 Å². The monoisotopic (exact) mass is 410 g/mol. The SMILES string of the molecule is CCSc1nc(-c2ccc(F)cc2)sc1-c1ccc(OCC(C)(F)F)cn1. The van der Waals surface area contributed by atoms with Crippen molar-refractivity contribution < 1.29 is 17.9 Å². The molecule has 0 bridgehead atoms. The predicted molar refractivity (Wildman–Crippen MR) is 103 cm³/mol. The summed E-state index contributed by atoms with van der Waals surface area (Å²) in [6.45, 7) is 2.14. The Bertz CT molecular complexity index is 891. The van der Waals surface area contributed by atoms with E-state index in [1.165, 1.54) is 29.7 Å². The van der Waals surface area contributed by atoms with Crippen molar-refractivity contribution in [2.45, 2.75) is 24.8 Å². The first-order chi connectivity index (χ1) is 12.9.